The van der Waals surface area contributed by atoms with E-state index in [1.54, 1.807) is 0 Å². The van der Waals surface area contributed by atoms with Gasteiger partial charge in [-0.3, -0.25) is 0 Å². The second kappa shape index (κ2) is 4.64. The van der Waals surface area contributed by atoms with Gasteiger partial charge < -0.3 is 5.11 Å². The normalized spacial score (nSPS) is 25.4. The quantitative estimate of drug-likeness (QED) is 0.921. The zero-order chi connectivity index (χ0) is 13.5. The summed E-state index contributed by atoms with van der Waals surface area (Å²) in [5.41, 5.74) is 0. The molecular formula is C11H15NO4S2. The second-order valence-electron chi connectivity index (χ2n) is 4.68. The molecular weight excluding hydrogens is 274 g/mol. The summed E-state index contributed by atoms with van der Waals surface area (Å²) in [6.07, 6.45) is 0.811. The number of rotatable bonds is 3. The Balaban J connectivity index is 2.43. The van der Waals surface area contributed by atoms with E-state index in [2.05, 4.69) is 0 Å². The van der Waals surface area contributed by atoms with Crippen LogP contribution >= 0.6 is 11.3 Å². The summed E-state index contributed by atoms with van der Waals surface area (Å²) >= 11 is 0.940. The Bertz CT molecular complexity index is 563. The van der Waals surface area contributed by atoms with Gasteiger partial charge in [-0.15, -0.1) is 11.3 Å². The number of hydrogen-bond acceptors (Lipinski definition) is 4. The van der Waals surface area contributed by atoms with Crippen molar-refractivity contribution in [2.75, 3.05) is 6.54 Å². The molecule has 1 fully saturated rings. The summed E-state index contributed by atoms with van der Waals surface area (Å²) < 4.78 is 26.3. The lowest BCUT2D eigenvalue weighted by atomic mass is 10.1. The summed E-state index contributed by atoms with van der Waals surface area (Å²) in [5.74, 6) is -0.884. The van der Waals surface area contributed by atoms with Crippen LogP contribution in [0.1, 0.15) is 29.9 Å². The van der Waals surface area contributed by atoms with E-state index in [9.17, 15) is 13.2 Å². The van der Waals surface area contributed by atoms with Gasteiger partial charge in [-0.25, -0.2) is 13.2 Å². The smallest absolute Gasteiger partial charge is 0.347 e. The highest BCUT2D eigenvalue weighted by Crippen LogP contribution is 2.32. The summed E-state index contributed by atoms with van der Waals surface area (Å²) in [7, 11) is -3.69. The highest BCUT2D eigenvalue weighted by Gasteiger charge is 2.38. The first-order valence-electron chi connectivity index (χ1n) is 5.66. The number of sulfonamides is 1. The van der Waals surface area contributed by atoms with Gasteiger partial charge in [-0.1, -0.05) is 6.92 Å². The maximum Gasteiger partial charge on any atom is 0.347 e. The molecule has 1 saturated heterocycles. The van der Waals surface area contributed by atoms with Crippen molar-refractivity contribution in [3.8, 4) is 0 Å². The number of carboxylic acid groups (broad SMARTS) is 1. The van der Waals surface area contributed by atoms with E-state index in [1.165, 1.54) is 15.8 Å². The van der Waals surface area contributed by atoms with Crippen LogP contribution in [0.15, 0.2) is 16.3 Å². The molecule has 0 bridgehead atoms. The van der Waals surface area contributed by atoms with Gasteiger partial charge in [0.15, 0.2) is 0 Å². The fourth-order valence-corrected chi connectivity index (χ4v) is 5.38. The minimum Gasteiger partial charge on any atom is -0.477 e. The third-order valence-electron chi connectivity index (χ3n) is 3.14. The highest BCUT2D eigenvalue weighted by atomic mass is 32.2. The molecule has 2 rings (SSSR count). The number of carbonyl (C=O) groups is 1. The first-order valence-corrected chi connectivity index (χ1v) is 7.98. The van der Waals surface area contributed by atoms with Gasteiger partial charge in [0.1, 0.15) is 9.77 Å². The Morgan fingerprint density at radius 2 is 2.17 bits per heavy atom. The molecule has 0 radical (unpaired) electrons. The van der Waals surface area contributed by atoms with Gasteiger partial charge in [0.25, 0.3) is 0 Å². The van der Waals surface area contributed by atoms with Crippen molar-refractivity contribution in [1.29, 1.82) is 0 Å². The van der Waals surface area contributed by atoms with E-state index < -0.39 is 16.0 Å². The van der Waals surface area contributed by atoms with Crippen molar-refractivity contribution in [2.24, 2.45) is 5.92 Å². The van der Waals surface area contributed by atoms with Crippen LogP contribution in [0.5, 0.6) is 0 Å². The fraction of sp³-hybridized carbons (Fsp3) is 0.545. The molecule has 0 spiro atoms. The molecule has 1 aliphatic heterocycles. The Labute approximate surface area is 110 Å². The predicted octanol–water partition coefficient (Wildman–Crippen LogP) is 1.87. The molecule has 2 atom stereocenters. The Kier molecular flexibility index (Phi) is 3.48. The molecule has 7 heteroatoms. The molecule has 0 aliphatic carbocycles. The number of carboxylic acids is 1. The number of thiophene rings is 1. The molecule has 1 aromatic rings. The monoisotopic (exact) mass is 289 g/mol. The van der Waals surface area contributed by atoms with E-state index >= 15 is 0 Å². The van der Waals surface area contributed by atoms with Gasteiger partial charge in [0, 0.05) is 12.6 Å². The average Bonchev–Trinajstić information content (AvgIpc) is 2.84. The summed E-state index contributed by atoms with van der Waals surface area (Å²) in [6.45, 7) is 4.31. The van der Waals surface area contributed by atoms with Crippen LogP contribution in [0, 0.1) is 5.92 Å². The zero-order valence-electron chi connectivity index (χ0n) is 10.2. The standard InChI is InChI=1S/C11H15NO4S2/c1-7-5-8(2)12(6-7)18(15,16)9-3-4-17-10(9)11(13)14/h3-4,7-8H,5-6H2,1-2H3,(H,13,14). The lowest BCUT2D eigenvalue weighted by molar-refractivity contribution is 0.0698. The number of hydrogen-bond donors (Lipinski definition) is 1. The van der Waals surface area contributed by atoms with Gasteiger partial charge >= 0.3 is 5.97 Å². The van der Waals surface area contributed by atoms with E-state index in [4.69, 9.17) is 5.11 Å². The predicted molar refractivity (Wildman–Crippen MR) is 68.4 cm³/mol. The molecule has 2 unspecified atom stereocenters. The molecule has 0 saturated carbocycles. The van der Waals surface area contributed by atoms with E-state index in [0.717, 1.165) is 17.8 Å². The van der Waals surface area contributed by atoms with E-state index in [0.29, 0.717) is 12.5 Å². The Morgan fingerprint density at radius 3 is 2.67 bits per heavy atom. The molecule has 18 heavy (non-hydrogen) atoms. The van der Waals surface area contributed by atoms with Gasteiger partial charge in [-0.05, 0) is 30.7 Å². The summed E-state index contributed by atoms with van der Waals surface area (Å²) in [4.78, 5) is 10.8. The van der Waals surface area contributed by atoms with Gasteiger partial charge in [-0.2, -0.15) is 4.31 Å². The van der Waals surface area contributed by atoms with Crippen molar-refractivity contribution >= 4 is 27.3 Å². The molecule has 5 nitrogen and oxygen atoms in total. The number of aromatic carboxylic acids is 1. The Morgan fingerprint density at radius 1 is 1.50 bits per heavy atom. The maximum absolute atomic E-state index is 12.4. The van der Waals surface area contributed by atoms with Crippen LogP contribution in [0.25, 0.3) is 0 Å². The largest absolute Gasteiger partial charge is 0.477 e. The molecule has 1 N–H and O–H groups in total. The topological polar surface area (TPSA) is 74.7 Å². The second-order valence-corrected chi connectivity index (χ2v) is 7.46. The van der Waals surface area contributed by atoms with Crippen LogP contribution < -0.4 is 0 Å². The molecule has 0 aromatic carbocycles. The van der Waals surface area contributed by atoms with E-state index in [1.807, 2.05) is 13.8 Å². The summed E-state index contributed by atoms with van der Waals surface area (Å²) in [5, 5.41) is 10.5. The number of nitrogens with zero attached hydrogens (tertiary/aromatic N) is 1. The third-order valence-corrected chi connectivity index (χ3v) is 6.19. The first kappa shape index (κ1) is 13.5. The summed E-state index contributed by atoms with van der Waals surface area (Å²) in [6, 6.07) is 1.30. The zero-order valence-corrected chi connectivity index (χ0v) is 11.8. The molecule has 1 aromatic heterocycles. The van der Waals surface area contributed by atoms with Crippen LogP contribution in [-0.2, 0) is 10.0 Å². The van der Waals surface area contributed by atoms with Crippen LogP contribution in [0.4, 0.5) is 0 Å². The van der Waals surface area contributed by atoms with Crippen molar-refractivity contribution in [3.63, 3.8) is 0 Å². The van der Waals surface area contributed by atoms with Gasteiger partial charge in [0.05, 0.1) is 0 Å². The van der Waals surface area contributed by atoms with Crippen LogP contribution in [-0.4, -0.2) is 36.4 Å². The first-order chi connectivity index (χ1) is 8.34. The van der Waals surface area contributed by atoms with Crippen molar-refractivity contribution in [2.45, 2.75) is 31.2 Å². The van der Waals surface area contributed by atoms with Crippen molar-refractivity contribution in [1.82, 2.24) is 4.31 Å². The Hall–Kier alpha value is -0.920. The molecule has 2 heterocycles. The van der Waals surface area contributed by atoms with Crippen LogP contribution in [0.3, 0.4) is 0 Å². The van der Waals surface area contributed by atoms with Crippen molar-refractivity contribution in [3.05, 3.63) is 16.3 Å². The highest BCUT2D eigenvalue weighted by molar-refractivity contribution is 7.89. The van der Waals surface area contributed by atoms with E-state index in [-0.39, 0.29) is 15.8 Å². The maximum atomic E-state index is 12.4. The molecule has 1 aliphatic rings. The lowest BCUT2D eigenvalue weighted by Crippen LogP contribution is -2.34. The lowest BCUT2D eigenvalue weighted by Gasteiger charge is -2.20. The molecule has 0 amide bonds. The minimum absolute atomic E-state index is 0.0773. The molecule has 100 valence electrons. The minimum atomic E-state index is -3.69. The average molecular weight is 289 g/mol. The third kappa shape index (κ3) is 2.17. The van der Waals surface area contributed by atoms with Crippen LogP contribution in [0.2, 0.25) is 0 Å². The fourth-order valence-electron chi connectivity index (χ4n) is 2.38. The SMILES string of the molecule is CC1CC(C)N(S(=O)(=O)c2ccsc2C(=O)O)C1. The van der Waals surface area contributed by atoms with Gasteiger partial charge in [0.2, 0.25) is 10.0 Å². The van der Waals surface area contributed by atoms with Crippen molar-refractivity contribution < 1.29 is 18.3 Å².